The summed E-state index contributed by atoms with van der Waals surface area (Å²) in [6, 6.07) is 19.8. The summed E-state index contributed by atoms with van der Waals surface area (Å²) >= 11 is 0. The van der Waals surface area contributed by atoms with Crippen LogP contribution in [0.5, 0.6) is 0 Å². The maximum absolute atomic E-state index is 11.4. The fourth-order valence-corrected chi connectivity index (χ4v) is 3.26. The van der Waals surface area contributed by atoms with E-state index in [1.54, 1.807) is 0 Å². The van der Waals surface area contributed by atoms with Gasteiger partial charge < -0.3 is 5.11 Å². The fourth-order valence-electron chi connectivity index (χ4n) is 3.26. The summed E-state index contributed by atoms with van der Waals surface area (Å²) in [6.45, 7) is 3.24. The second-order valence-electron chi connectivity index (χ2n) is 6.26. The Kier molecular flexibility index (Phi) is 7.04. The molecule has 2 aromatic rings. The van der Waals surface area contributed by atoms with Crippen LogP contribution < -0.4 is 0 Å². The fraction of sp³-hybridized carbons (Fsp3) is 0.333. The van der Waals surface area contributed by atoms with E-state index in [2.05, 4.69) is 11.0 Å². The summed E-state index contributed by atoms with van der Waals surface area (Å²) < 4.78 is 0. The van der Waals surface area contributed by atoms with Crippen LogP contribution in [0.15, 0.2) is 72.8 Å². The smallest absolute Gasteiger partial charge is 0.133 e. The molecule has 0 saturated carbocycles. The number of halogens is 1. The van der Waals surface area contributed by atoms with E-state index in [0.717, 1.165) is 17.7 Å². The zero-order valence-electron chi connectivity index (χ0n) is 14.0. The number of likely N-dealkylation sites (tertiary alicyclic amines) is 1. The molecule has 3 rings (SSSR count). The average Bonchev–Trinajstić information content (AvgIpc) is 2.64. The number of piperidine rings is 1. The predicted molar refractivity (Wildman–Crippen MR) is 103 cm³/mol. The van der Waals surface area contributed by atoms with Crippen LogP contribution in [0.2, 0.25) is 0 Å². The highest BCUT2D eigenvalue weighted by Gasteiger charge is 2.28. The van der Waals surface area contributed by atoms with Crippen molar-refractivity contribution in [3.05, 3.63) is 83.9 Å². The van der Waals surface area contributed by atoms with E-state index in [4.69, 9.17) is 0 Å². The van der Waals surface area contributed by atoms with Crippen LogP contribution in [-0.4, -0.2) is 29.6 Å². The first-order chi connectivity index (χ1) is 11.3. The van der Waals surface area contributed by atoms with Crippen molar-refractivity contribution < 1.29 is 5.11 Å². The Bertz CT molecular complexity index is 581. The zero-order chi connectivity index (χ0) is 16.0. The van der Waals surface area contributed by atoms with Crippen molar-refractivity contribution in [3.8, 4) is 0 Å². The van der Waals surface area contributed by atoms with Gasteiger partial charge in [-0.15, -0.1) is 12.4 Å². The highest BCUT2D eigenvalue weighted by atomic mass is 35.5. The van der Waals surface area contributed by atoms with Crippen molar-refractivity contribution in [1.29, 1.82) is 0 Å². The molecular formula is C21H26ClNO. The third-order valence-corrected chi connectivity index (χ3v) is 4.60. The Hall–Kier alpha value is -1.61. The van der Waals surface area contributed by atoms with Crippen LogP contribution in [0, 0.1) is 0 Å². The first-order valence-electron chi connectivity index (χ1n) is 8.52. The summed E-state index contributed by atoms with van der Waals surface area (Å²) in [7, 11) is 0. The quantitative estimate of drug-likeness (QED) is 0.814. The summed E-state index contributed by atoms with van der Waals surface area (Å²) in [4.78, 5) is 2.45. The van der Waals surface area contributed by atoms with Gasteiger partial charge in [0.1, 0.15) is 5.60 Å². The summed E-state index contributed by atoms with van der Waals surface area (Å²) in [6.07, 6.45) is 7.99. The van der Waals surface area contributed by atoms with Gasteiger partial charge in [0.2, 0.25) is 0 Å². The van der Waals surface area contributed by atoms with Crippen LogP contribution in [-0.2, 0) is 5.60 Å². The molecule has 0 bridgehead atoms. The molecule has 1 N–H and O–H groups in total. The third-order valence-electron chi connectivity index (χ3n) is 4.60. The Balaban J connectivity index is 0.00000208. The first kappa shape index (κ1) is 18.7. The molecule has 1 fully saturated rings. The molecule has 2 nitrogen and oxygen atoms in total. The van der Waals surface area contributed by atoms with Crippen LogP contribution in [0.25, 0.3) is 0 Å². The van der Waals surface area contributed by atoms with E-state index in [0.29, 0.717) is 0 Å². The molecule has 0 aliphatic carbocycles. The van der Waals surface area contributed by atoms with Gasteiger partial charge >= 0.3 is 0 Å². The van der Waals surface area contributed by atoms with Crippen molar-refractivity contribution in [2.45, 2.75) is 24.9 Å². The van der Waals surface area contributed by atoms with E-state index in [-0.39, 0.29) is 12.4 Å². The van der Waals surface area contributed by atoms with Gasteiger partial charge in [-0.05, 0) is 43.1 Å². The molecule has 0 radical (unpaired) electrons. The highest BCUT2D eigenvalue weighted by molar-refractivity contribution is 5.85. The second kappa shape index (κ2) is 9.03. The number of aliphatic hydroxyl groups is 1. The Morgan fingerprint density at radius 1 is 0.833 bits per heavy atom. The average molecular weight is 344 g/mol. The van der Waals surface area contributed by atoms with Crippen LogP contribution >= 0.6 is 12.4 Å². The molecule has 0 unspecified atom stereocenters. The minimum atomic E-state index is -1.07. The first-order valence-corrected chi connectivity index (χ1v) is 8.52. The topological polar surface area (TPSA) is 23.5 Å². The van der Waals surface area contributed by atoms with E-state index in [1.165, 1.54) is 32.4 Å². The van der Waals surface area contributed by atoms with E-state index in [1.807, 2.05) is 66.7 Å². The van der Waals surface area contributed by atoms with Crippen LogP contribution in [0.3, 0.4) is 0 Å². The number of hydrogen-bond acceptors (Lipinski definition) is 2. The normalized spacial score (nSPS) is 16.0. The Morgan fingerprint density at radius 3 is 1.83 bits per heavy atom. The van der Waals surface area contributed by atoms with Gasteiger partial charge in [-0.2, -0.15) is 0 Å². The third kappa shape index (κ3) is 4.47. The molecule has 128 valence electrons. The predicted octanol–water partition coefficient (Wildman–Crippen LogP) is 4.39. The van der Waals surface area contributed by atoms with Gasteiger partial charge in [0.15, 0.2) is 0 Å². The van der Waals surface area contributed by atoms with Crippen LogP contribution in [0.4, 0.5) is 0 Å². The van der Waals surface area contributed by atoms with Gasteiger partial charge in [-0.3, -0.25) is 4.90 Å². The van der Waals surface area contributed by atoms with E-state index in [9.17, 15) is 5.11 Å². The molecule has 1 saturated heterocycles. The van der Waals surface area contributed by atoms with Crippen molar-refractivity contribution in [3.63, 3.8) is 0 Å². The molecule has 1 heterocycles. The summed E-state index contributed by atoms with van der Waals surface area (Å²) in [5, 5.41) is 11.4. The number of hydrogen-bond donors (Lipinski definition) is 1. The minimum Gasteiger partial charge on any atom is -0.377 e. The van der Waals surface area contributed by atoms with Crippen molar-refractivity contribution >= 4 is 12.4 Å². The van der Waals surface area contributed by atoms with Gasteiger partial charge in [-0.25, -0.2) is 0 Å². The maximum Gasteiger partial charge on any atom is 0.133 e. The monoisotopic (exact) mass is 343 g/mol. The molecule has 1 aliphatic heterocycles. The molecule has 0 spiro atoms. The number of benzene rings is 2. The van der Waals surface area contributed by atoms with Gasteiger partial charge in [0.25, 0.3) is 0 Å². The second-order valence-corrected chi connectivity index (χ2v) is 6.26. The van der Waals surface area contributed by atoms with Gasteiger partial charge in [-0.1, -0.05) is 73.2 Å². The van der Waals surface area contributed by atoms with Crippen molar-refractivity contribution in [1.82, 2.24) is 4.90 Å². The van der Waals surface area contributed by atoms with Crippen molar-refractivity contribution in [2.24, 2.45) is 0 Å². The van der Waals surface area contributed by atoms with Crippen LogP contribution in [0.1, 0.15) is 30.4 Å². The summed E-state index contributed by atoms with van der Waals surface area (Å²) in [5.41, 5.74) is 0.736. The molecular weight excluding hydrogens is 318 g/mol. The largest absolute Gasteiger partial charge is 0.377 e. The molecule has 0 atom stereocenters. The molecule has 0 aromatic heterocycles. The minimum absolute atomic E-state index is 0. The highest BCUT2D eigenvalue weighted by Crippen LogP contribution is 2.31. The number of nitrogens with zero attached hydrogens (tertiary/aromatic N) is 1. The van der Waals surface area contributed by atoms with Gasteiger partial charge in [0, 0.05) is 6.54 Å². The van der Waals surface area contributed by atoms with E-state index < -0.39 is 5.60 Å². The van der Waals surface area contributed by atoms with E-state index >= 15 is 0 Å². The van der Waals surface area contributed by atoms with Crippen molar-refractivity contribution in [2.75, 3.05) is 19.6 Å². The number of rotatable bonds is 5. The molecule has 2 aromatic carbocycles. The standard InChI is InChI=1S/C21H25NO.ClH/c23-21(19-11-4-1-5-12-19,20-13-6-2-7-14-20)15-10-18-22-16-8-3-9-17-22;/h1-2,4-7,10-15,23H,3,8-9,16-18H2;1H/b15-10-;. The zero-order valence-corrected chi connectivity index (χ0v) is 14.8. The Labute approximate surface area is 151 Å². The lowest BCUT2D eigenvalue weighted by molar-refractivity contribution is 0.133. The maximum atomic E-state index is 11.4. The molecule has 24 heavy (non-hydrogen) atoms. The van der Waals surface area contributed by atoms with Gasteiger partial charge in [0.05, 0.1) is 0 Å². The molecule has 1 aliphatic rings. The Morgan fingerprint density at radius 2 is 1.33 bits per heavy atom. The summed E-state index contributed by atoms with van der Waals surface area (Å²) in [5.74, 6) is 0. The SMILES string of the molecule is Cl.OC(/C=C\CN1CCCCC1)(c1ccccc1)c1ccccc1. The molecule has 0 amide bonds. The molecule has 3 heteroatoms. The lowest BCUT2D eigenvalue weighted by Gasteiger charge is -2.28. The lowest BCUT2D eigenvalue weighted by Crippen LogP contribution is -2.30. The lowest BCUT2D eigenvalue weighted by atomic mass is 9.86.